The van der Waals surface area contributed by atoms with Gasteiger partial charge in [-0.1, -0.05) is 68.7 Å². The van der Waals surface area contributed by atoms with E-state index in [0.717, 1.165) is 45.1 Å². The summed E-state index contributed by atoms with van der Waals surface area (Å²) >= 11 is 0. The first-order chi connectivity index (χ1) is 14.0. The molecule has 1 saturated carbocycles. The van der Waals surface area contributed by atoms with Gasteiger partial charge in [0.1, 0.15) is 5.54 Å². The van der Waals surface area contributed by atoms with E-state index in [1.807, 2.05) is 0 Å². The second-order valence-electron chi connectivity index (χ2n) is 8.87. The molecule has 4 nitrogen and oxygen atoms in total. The van der Waals surface area contributed by atoms with Crippen LogP contribution in [0.25, 0.3) is 11.1 Å². The minimum atomic E-state index is -1.06. The van der Waals surface area contributed by atoms with Gasteiger partial charge in [0.05, 0.1) is 0 Å². The quantitative estimate of drug-likeness (QED) is 0.469. The Kier molecular flexibility index (Phi) is 5.75. The van der Waals surface area contributed by atoms with Crippen LogP contribution in [-0.4, -0.2) is 22.7 Å². The molecule has 4 N–H and O–H groups in total. The van der Waals surface area contributed by atoms with Gasteiger partial charge in [0.15, 0.2) is 0 Å². The Morgan fingerprint density at radius 1 is 1.14 bits per heavy atom. The first-order valence-corrected chi connectivity index (χ1v) is 11.0. The molecule has 0 aliphatic heterocycles. The number of hydrogen-bond donors (Lipinski definition) is 3. The van der Waals surface area contributed by atoms with E-state index in [-0.39, 0.29) is 5.92 Å². The van der Waals surface area contributed by atoms with Crippen molar-refractivity contribution >= 4 is 5.97 Å². The van der Waals surface area contributed by atoms with Crippen molar-refractivity contribution in [3.8, 4) is 11.1 Å². The molecule has 0 heterocycles. The molecule has 0 bridgehead atoms. The third kappa shape index (κ3) is 3.96. The van der Waals surface area contributed by atoms with Crippen molar-refractivity contribution in [2.24, 2.45) is 11.7 Å². The minimum absolute atomic E-state index is 0.0730. The van der Waals surface area contributed by atoms with E-state index in [1.165, 1.54) is 27.8 Å². The number of benzene rings is 2. The van der Waals surface area contributed by atoms with Crippen LogP contribution in [0.15, 0.2) is 42.5 Å². The first kappa shape index (κ1) is 20.1. The number of carboxylic acids is 1. The van der Waals surface area contributed by atoms with Gasteiger partial charge < -0.3 is 16.2 Å². The lowest BCUT2D eigenvalue weighted by molar-refractivity contribution is -0.148. The van der Waals surface area contributed by atoms with Gasteiger partial charge in [-0.05, 0) is 59.4 Å². The number of hydrogen-bond acceptors (Lipinski definition) is 3. The maximum absolute atomic E-state index is 11.8. The minimum Gasteiger partial charge on any atom is -0.480 e. The van der Waals surface area contributed by atoms with Crippen molar-refractivity contribution in [1.82, 2.24) is 5.32 Å². The molecule has 4 rings (SSSR count). The number of aliphatic carboxylic acids is 1. The molecule has 1 atom stereocenters. The molecule has 1 unspecified atom stereocenters. The van der Waals surface area contributed by atoms with Crippen molar-refractivity contribution in [1.29, 1.82) is 0 Å². The van der Waals surface area contributed by atoms with Crippen LogP contribution in [0.1, 0.15) is 62.1 Å². The van der Waals surface area contributed by atoms with Gasteiger partial charge >= 0.3 is 5.97 Å². The highest BCUT2D eigenvalue weighted by Crippen LogP contribution is 2.39. The summed E-state index contributed by atoms with van der Waals surface area (Å²) in [5, 5.41) is 13.3. The standard InChI is InChI=1S/C25H32N2O2/c1-2-3-6-11-25(26,24(28)29)20-14-21(15-20)27-16-17-9-10-23-19(12-17)13-18-7-4-5-8-22(18)23/h4-5,7-10,12,20-21,27H,2-3,6,11,13-16,26H2,1H3,(H,28,29). The number of nitrogens with two attached hydrogens (primary N) is 1. The molecule has 29 heavy (non-hydrogen) atoms. The van der Waals surface area contributed by atoms with Gasteiger partial charge in [0, 0.05) is 12.6 Å². The van der Waals surface area contributed by atoms with E-state index in [2.05, 4.69) is 54.7 Å². The van der Waals surface area contributed by atoms with E-state index >= 15 is 0 Å². The number of unbranched alkanes of at least 4 members (excludes halogenated alkanes) is 2. The monoisotopic (exact) mass is 392 g/mol. The fourth-order valence-corrected chi connectivity index (χ4v) is 4.93. The smallest absolute Gasteiger partial charge is 0.323 e. The molecule has 154 valence electrons. The van der Waals surface area contributed by atoms with E-state index in [1.54, 1.807) is 0 Å². The fourth-order valence-electron chi connectivity index (χ4n) is 4.93. The van der Waals surface area contributed by atoms with Crippen molar-refractivity contribution in [3.63, 3.8) is 0 Å². The lowest BCUT2D eigenvalue weighted by Gasteiger charge is -2.45. The average Bonchev–Trinajstić information content (AvgIpc) is 3.04. The predicted octanol–water partition coefficient (Wildman–Crippen LogP) is 4.49. The van der Waals surface area contributed by atoms with Crippen LogP contribution >= 0.6 is 0 Å². The maximum atomic E-state index is 11.8. The molecule has 2 aromatic carbocycles. The van der Waals surface area contributed by atoms with E-state index in [0.29, 0.717) is 12.5 Å². The fraction of sp³-hybridized carbons (Fsp3) is 0.480. The van der Waals surface area contributed by atoms with Gasteiger partial charge in [-0.2, -0.15) is 0 Å². The average molecular weight is 393 g/mol. The van der Waals surface area contributed by atoms with Crippen LogP contribution in [0.2, 0.25) is 0 Å². The number of carbonyl (C=O) groups is 1. The predicted molar refractivity (Wildman–Crippen MR) is 117 cm³/mol. The van der Waals surface area contributed by atoms with Gasteiger partial charge in [-0.25, -0.2) is 0 Å². The highest BCUT2D eigenvalue weighted by Gasteiger charge is 2.47. The summed E-state index contributed by atoms with van der Waals surface area (Å²) < 4.78 is 0. The summed E-state index contributed by atoms with van der Waals surface area (Å²) in [6.07, 6.45) is 6.32. The lowest BCUT2D eigenvalue weighted by atomic mass is 9.66. The molecule has 2 aliphatic carbocycles. The summed E-state index contributed by atoms with van der Waals surface area (Å²) in [5.74, 6) is -0.765. The van der Waals surface area contributed by atoms with Crippen LogP contribution in [0.3, 0.4) is 0 Å². The summed E-state index contributed by atoms with van der Waals surface area (Å²) in [7, 11) is 0. The topological polar surface area (TPSA) is 75.4 Å². The second kappa shape index (κ2) is 8.29. The molecule has 2 aromatic rings. The van der Waals surface area contributed by atoms with Gasteiger partial charge in [0.2, 0.25) is 0 Å². The van der Waals surface area contributed by atoms with Gasteiger partial charge in [-0.3, -0.25) is 4.79 Å². The Morgan fingerprint density at radius 3 is 2.66 bits per heavy atom. The van der Waals surface area contributed by atoms with Crippen LogP contribution < -0.4 is 11.1 Å². The highest BCUT2D eigenvalue weighted by atomic mass is 16.4. The summed E-state index contributed by atoms with van der Waals surface area (Å²) in [6.45, 7) is 2.95. The van der Waals surface area contributed by atoms with Crippen LogP contribution in [0, 0.1) is 5.92 Å². The normalized spacial score (nSPS) is 21.7. The summed E-state index contributed by atoms with van der Waals surface area (Å²) in [4.78, 5) is 11.8. The Labute approximate surface area is 173 Å². The van der Waals surface area contributed by atoms with Crippen molar-refractivity contribution in [2.75, 3.05) is 0 Å². The third-order valence-corrected chi connectivity index (χ3v) is 6.91. The van der Waals surface area contributed by atoms with Crippen molar-refractivity contribution in [2.45, 2.75) is 70.0 Å². The van der Waals surface area contributed by atoms with Crippen LogP contribution in [0.4, 0.5) is 0 Å². The summed E-state index contributed by atoms with van der Waals surface area (Å²) in [5.41, 5.74) is 12.1. The van der Waals surface area contributed by atoms with Crippen LogP contribution in [-0.2, 0) is 17.8 Å². The van der Waals surface area contributed by atoms with Gasteiger partial charge in [0.25, 0.3) is 0 Å². The zero-order chi connectivity index (χ0) is 20.4. The number of fused-ring (bicyclic) bond motifs is 3. The van der Waals surface area contributed by atoms with Crippen molar-refractivity contribution < 1.29 is 9.90 Å². The number of rotatable bonds is 9. The van der Waals surface area contributed by atoms with E-state index in [9.17, 15) is 9.90 Å². The molecule has 2 aliphatic rings. The second-order valence-corrected chi connectivity index (χ2v) is 8.87. The Hall–Kier alpha value is -2.17. The molecule has 1 fully saturated rings. The number of nitrogens with one attached hydrogen (secondary N) is 1. The summed E-state index contributed by atoms with van der Waals surface area (Å²) in [6, 6.07) is 15.8. The molecule has 4 heteroatoms. The first-order valence-electron chi connectivity index (χ1n) is 11.0. The molecule has 0 radical (unpaired) electrons. The molecule has 0 spiro atoms. The Balaban J connectivity index is 1.30. The highest BCUT2D eigenvalue weighted by molar-refractivity contribution is 5.79. The van der Waals surface area contributed by atoms with Crippen LogP contribution in [0.5, 0.6) is 0 Å². The Morgan fingerprint density at radius 2 is 1.90 bits per heavy atom. The van der Waals surface area contributed by atoms with E-state index < -0.39 is 11.5 Å². The molecular formula is C25H32N2O2. The lowest BCUT2D eigenvalue weighted by Crippen LogP contribution is -2.60. The third-order valence-electron chi connectivity index (χ3n) is 6.91. The number of carboxylic acid groups (broad SMARTS) is 1. The molecule has 0 saturated heterocycles. The molecule has 0 aromatic heterocycles. The SMILES string of the molecule is CCCCCC(N)(C(=O)O)C1CC(NCc2ccc3c(c2)Cc2ccccc2-3)C1. The maximum Gasteiger partial charge on any atom is 0.323 e. The zero-order valence-corrected chi connectivity index (χ0v) is 17.3. The Bertz CT molecular complexity index is 888. The van der Waals surface area contributed by atoms with Gasteiger partial charge in [-0.15, -0.1) is 0 Å². The molecular weight excluding hydrogens is 360 g/mol. The van der Waals surface area contributed by atoms with Crippen molar-refractivity contribution in [3.05, 3.63) is 59.2 Å². The largest absolute Gasteiger partial charge is 0.480 e. The zero-order valence-electron chi connectivity index (χ0n) is 17.3. The van der Waals surface area contributed by atoms with E-state index in [4.69, 9.17) is 5.73 Å². The molecule has 0 amide bonds.